The van der Waals surface area contributed by atoms with Gasteiger partial charge in [0.1, 0.15) is 25.0 Å². The lowest BCUT2D eigenvalue weighted by atomic mass is 9.73. The molecule has 2 bridgehead atoms. The fourth-order valence-corrected chi connectivity index (χ4v) is 3.93. The first-order valence-corrected chi connectivity index (χ1v) is 6.41. The second kappa shape index (κ2) is 3.09. The molecule has 0 aliphatic heterocycles. The summed E-state index contributed by atoms with van der Waals surface area (Å²) < 4.78 is 2.09. The molecule has 2 aromatic rings. The van der Waals surface area contributed by atoms with Crippen LogP contribution in [0.5, 0.6) is 0 Å². The van der Waals surface area contributed by atoms with Crippen LogP contribution in [0, 0.1) is 0 Å². The molecule has 5 rings (SSSR count). The van der Waals surface area contributed by atoms with Crippen LogP contribution >= 0.6 is 11.6 Å². The van der Waals surface area contributed by atoms with E-state index in [9.17, 15) is 5.11 Å². The number of nitrogens with zero attached hydrogens (tertiary/aromatic N) is 3. The van der Waals surface area contributed by atoms with Gasteiger partial charge in [-0.2, -0.15) is 0 Å². The van der Waals surface area contributed by atoms with Crippen molar-refractivity contribution in [1.82, 2.24) is 14.5 Å². The van der Waals surface area contributed by atoms with Gasteiger partial charge in [-0.25, -0.2) is 9.97 Å². The van der Waals surface area contributed by atoms with Gasteiger partial charge in [-0.05, 0) is 31.9 Å². The zero-order valence-corrected chi connectivity index (χ0v) is 10.5. The van der Waals surface area contributed by atoms with E-state index in [1.807, 2.05) is 6.20 Å². The van der Waals surface area contributed by atoms with Crippen LogP contribution in [0.3, 0.4) is 0 Å². The summed E-state index contributed by atoms with van der Waals surface area (Å²) in [4.78, 5) is 8.27. The predicted octanol–water partition coefficient (Wildman–Crippen LogP) is 0.893. The average molecular weight is 260 g/mol. The van der Waals surface area contributed by atoms with Crippen LogP contribution in [0.4, 0.5) is 0 Å². The van der Waals surface area contributed by atoms with E-state index in [1.54, 1.807) is 0 Å². The molecule has 3 aliphatic carbocycles. The third-order valence-corrected chi connectivity index (χ3v) is 4.74. The second-order valence-corrected chi connectivity index (χ2v) is 5.98. The standard InChI is InChI=1S/C12H11BClN3O/c13-7-3-17(10-8(7)9(14)15-6-16-10)11-1-2-12(18,4-11)5-11/h3,6,18H,1-2,4-5H2. The van der Waals surface area contributed by atoms with E-state index >= 15 is 0 Å². The molecule has 90 valence electrons. The summed E-state index contributed by atoms with van der Waals surface area (Å²) in [5.41, 5.74) is 0.883. The SMILES string of the molecule is [B]c1cn(C23CCC(O)(C2)C3)c2ncnc(Cl)c12. The summed E-state index contributed by atoms with van der Waals surface area (Å²) >= 11 is 6.07. The molecule has 4 nitrogen and oxygen atoms in total. The van der Waals surface area contributed by atoms with E-state index in [4.69, 9.17) is 19.4 Å². The molecular formula is C12H11BClN3O. The zero-order valence-electron chi connectivity index (χ0n) is 9.73. The minimum atomic E-state index is -0.470. The Hall–Kier alpha value is -1.07. The van der Waals surface area contributed by atoms with Gasteiger partial charge in [0.05, 0.1) is 11.1 Å². The van der Waals surface area contributed by atoms with Crippen molar-refractivity contribution in [2.24, 2.45) is 0 Å². The third kappa shape index (κ3) is 1.16. The van der Waals surface area contributed by atoms with Gasteiger partial charge in [-0.3, -0.25) is 0 Å². The molecule has 0 spiro atoms. The highest BCUT2D eigenvalue weighted by Gasteiger charge is 2.61. The molecule has 2 radical (unpaired) electrons. The summed E-state index contributed by atoms with van der Waals surface area (Å²) in [7, 11) is 6.01. The number of rotatable bonds is 1. The van der Waals surface area contributed by atoms with E-state index in [-0.39, 0.29) is 5.54 Å². The first-order valence-electron chi connectivity index (χ1n) is 6.03. The van der Waals surface area contributed by atoms with Gasteiger partial charge < -0.3 is 9.67 Å². The number of hydrogen-bond acceptors (Lipinski definition) is 3. The molecule has 0 unspecified atom stereocenters. The molecular weight excluding hydrogens is 248 g/mol. The quantitative estimate of drug-likeness (QED) is 0.611. The molecule has 3 fully saturated rings. The molecule has 2 heterocycles. The minimum Gasteiger partial charge on any atom is -0.390 e. The molecule has 1 N–H and O–H groups in total. The molecule has 3 aliphatic rings. The van der Waals surface area contributed by atoms with Crippen molar-refractivity contribution in [3.63, 3.8) is 0 Å². The Morgan fingerprint density at radius 2 is 2.11 bits per heavy atom. The van der Waals surface area contributed by atoms with Crippen molar-refractivity contribution < 1.29 is 5.11 Å². The Bertz CT molecular complexity index is 663. The van der Waals surface area contributed by atoms with Crippen molar-refractivity contribution in [3.8, 4) is 0 Å². The van der Waals surface area contributed by atoms with Crippen molar-refractivity contribution >= 4 is 35.9 Å². The predicted molar refractivity (Wildman–Crippen MR) is 69.3 cm³/mol. The Morgan fingerprint density at radius 3 is 2.78 bits per heavy atom. The first-order chi connectivity index (χ1) is 8.53. The summed E-state index contributed by atoms with van der Waals surface area (Å²) in [5.74, 6) is 0. The van der Waals surface area contributed by atoms with Crippen LogP contribution in [0.15, 0.2) is 12.5 Å². The Kier molecular flexibility index (Phi) is 1.86. The molecule has 18 heavy (non-hydrogen) atoms. The first kappa shape index (κ1) is 10.8. The molecule has 0 atom stereocenters. The molecule has 6 heteroatoms. The number of aromatic nitrogens is 3. The summed E-state index contributed by atoms with van der Waals surface area (Å²) in [5, 5.41) is 11.2. The Morgan fingerprint density at radius 1 is 1.33 bits per heavy atom. The lowest BCUT2D eigenvalue weighted by molar-refractivity contribution is -0.0578. The van der Waals surface area contributed by atoms with Crippen LogP contribution in [0.2, 0.25) is 5.15 Å². The van der Waals surface area contributed by atoms with E-state index in [1.165, 1.54) is 6.33 Å². The summed E-state index contributed by atoms with van der Waals surface area (Å²) in [6.07, 6.45) is 6.72. The van der Waals surface area contributed by atoms with Gasteiger partial charge in [0.2, 0.25) is 0 Å². The highest BCUT2D eigenvalue weighted by molar-refractivity contribution is 6.44. The smallest absolute Gasteiger partial charge is 0.144 e. The van der Waals surface area contributed by atoms with Gasteiger partial charge >= 0.3 is 0 Å². The van der Waals surface area contributed by atoms with Crippen molar-refractivity contribution in [2.45, 2.75) is 36.8 Å². The number of halogens is 1. The van der Waals surface area contributed by atoms with Gasteiger partial charge in [0.15, 0.2) is 0 Å². The topological polar surface area (TPSA) is 50.9 Å². The van der Waals surface area contributed by atoms with Gasteiger partial charge in [-0.15, -0.1) is 0 Å². The largest absolute Gasteiger partial charge is 0.390 e. The van der Waals surface area contributed by atoms with E-state index < -0.39 is 5.60 Å². The highest BCUT2D eigenvalue weighted by atomic mass is 35.5. The molecule has 2 aromatic heterocycles. The van der Waals surface area contributed by atoms with E-state index in [2.05, 4.69) is 14.5 Å². The lowest BCUT2D eigenvalue weighted by Gasteiger charge is -2.45. The molecule has 3 saturated carbocycles. The number of fused-ring (bicyclic) bond motifs is 2. The van der Waals surface area contributed by atoms with Crippen LogP contribution in [0.25, 0.3) is 11.0 Å². The van der Waals surface area contributed by atoms with Crippen molar-refractivity contribution in [1.29, 1.82) is 0 Å². The monoisotopic (exact) mass is 259 g/mol. The van der Waals surface area contributed by atoms with E-state index in [0.29, 0.717) is 10.6 Å². The maximum Gasteiger partial charge on any atom is 0.144 e. The van der Waals surface area contributed by atoms with Gasteiger partial charge in [0.25, 0.3) is 0 Å². The Labute approximate surface area is 110 Å². The normalized spacial score (nSPS) is 33.9. The minimum absolute atomic E-state index is 0.0255. The van der Waals surface area contributed by atoms with E-state index in [0.717, 1.165) is 36.7 Å². The lowest BCUT2D eigenvalue weighted by Crippen LogP contribution is -2.49. The van der Waals surface area contributed by atoms with Crippen LogP contribution in [-0.2, 0) is 5.54 Å². The van der Waals surface area contributed by atoms with Crippen LogP contribution in [-0.4, -0.2) is 33.1 Å². The van der Waals surface area contributed by atoms with Crippen LogP contribution in [0.1, 0.15) is 25.7 Å². The van der Waals surface area contributed by atoms with Crippen molar-refractivity contribution in [2.75, 3.05) is 0 Å². The number of hydrogen-bond donors (Lipinski definition) is 1. The van der Waals surface area contributed by atoms with Crippen LogP contribution < -0.4 is 5.46 Å². The fraction of sp³-hybridized carbons (Fsp3) is 0.500. The van der Waals surface area contributed by atoms with Gasteiger partial charge in [-0.1, -0.05) is 17.1 Å². The molecule has 0 aromatic carbocycles. The molecule has 0 amide bonds. The average Bonchev–Trinajstić information content (AvgIpc) is 2.89. The highest BCUT2D eigenvalue weighted by Crippen LogP contribution is 2.60. The maximum atomic E-state index is 10.1. The van der Waals surface area contributed by atoms with Gasteiger partial charge in [0, 0.05) is 5.39 Å². The van der Waals surface area contributed by atoms with Crippen molar-refractivity contribution in [3.05, 3.63) is 17.7 Å². The summed E-state index contributed by atoms with van der Waals surface area (Å²) in [6.45, 7) is 0. The third-order valence-electron chi connectivity index (χ3n) is 4.45. The molecule has 0 saturated heterocycles. The maximum absolute atomic E-state index is 10.1. The number of aliphatic hydroxyl groups is 1. The summed E-state index contributed by atoms with van der Waals surface area (Å²) in [6, 6.07) is 0. The zero-order chi connectivity index (χ0) is 12.5. The second-order valence-electron chi connectivity index (χ2n) is 5.62. The fourth-order valence-electron chi connectivity index (χ4n) is 3.70. The Balaban J connectivity index is 1.95.